The zero-order valence-electron chi connectivity index (χ0n) is 15.8. The lowest BCUT2D eigenvalue weighted by Gasteiger charge is -2.47. The Hall–Kier alpha value is -3.28. The van der Waals surface area contributed by atoms with Gasteiger partial charge < -0.3 is 18.8 Å². The van der Waals surface area contributed by atoms with Crippen LogP contribution in [-0.4, -0.2) is 40.0 Å². The largest absolute Gasteiger partial charge is 0.459 e. The standard InChI is InChI=1S/C22H22N4O2/c1-16(2)14-26-17-6-3-10-23-20(17)25-11-4-8-19(25)22(26)9-12-24(15-22)21(27)18-7-5-13-28-18/h3-8,10-11,13H,1,9,12,14-15H2,2H3. The molecule has 142 valence electrons. The van der Waals surface area contributed by atoms with Gasteiger partial charge in [0, 0.05) is 25.5 Å². The van der Waals surface area contributed by atoms with Crippen molar-refractivity contribution in [2.75, 3.05) is 24.5 Å². The lowest BCUT2D eigenvalue weighted by atomic mass is 9.88. The van der Waals surface area contributed by atoms with Crippen molar-refractivity contribution in [3.8, 4) is 5.82 Å². The first-order valence-corrected chi connectivity index (χ1v) is 9.48. The third-order valence-electron chi connectivity index (χ3n) is 5.72. The van der Waals surface area contributed by atoms with E-state index in [0.29, 0.717) is 25.4 Å². The van der Waals surface area contributed by atoms with Crippen LogP contribution in [0.5, 0.6) is 0 Å². The molecule has 1 atom stereocenters. The van der Waals surface area contributed by atoms with E-state index in [9.17, 15) is 4.79 Å². The molecule has 3 aromatic heterocycles. The van der Waals surface area contributed by atoms with Crippen LogP contribution in [-0.2, 0) is 5.54 Å². The summed E-state index contributed by atoms with van der Waals surface area (Å²) in [5, 5.41) is 0. The number of aromatic nitrogens is 2. The lowest BCUT2D eigenvalue weighted by Crippen LogP contribution is -2.53. The Balaban J connectivity index is 1.61. The molecule has 1 fully saturated rings. The normalized spacial score (nSPS) is 20.3. The maximum absolute atomic E-state index is 12.9. The number of carbonyl (C=O) groups is 1. The Morgan fingerprint density at radius 3 is 2.96 bits per heavy atom. The van der Waals surface area contributed by atoms with Crippen molar-refractivity contribution < 1.29 is 9.21 Å². The highest BCUT2D eigenvalue weighted by Crippen LogP contribution is 2.47. The highest BCUT2D eigenvalue weighted by molar-refractivity contribution is 5.92. The molecule has 0 bridgehead atoms. The summed E-state index contributed by atoms with van der Waals surface area (Å²) in [6.45, 7) is 8.17. The smallest absolute Gasteiger partial charge is 0.289 e. The summed E-state index contributed by atoms with van der Waals surface area (Å²) in [6.07, 6.45) is 6.25. The van der Waals surface area contributed by atoms with Gasteiger partial charge in [0.25, 0.3) is 5.91 Å². The number of nitrogens with zero attached hydrogens (tertiary/aromatic N) is 4. The molecule has 6 heteroatoms. The first-order valence-electron chi connectivity index (χ1n) is 9.48. The zero-order chi connectivity index (χ0) is 19.3. The molecule has 3 aromatic rings. The second-order valence-corrected chi connectivity index (χ2v) is 7.64. The molecule has 0 saturated carbocycles. The summed E-state index contributed by atoms with van der Waals surface area (Å²) in [5.41, 5.74) is 2.99. The van der Waals surface area contributed by atoms with Crippen molar-refractivity contribution >= 4 is 11.6 Å². The van der Waals surface area contributed by atoms with Gasteiger partial charge in [0.1, 0.15) is 5.54 Å². The highest BCUT2D eigenvalue weighted by atomic mass is 16.3. The first kappa shape index (κ1) is 16.9. The van der Waals surface area contributed by atoms with Crippen LogP contribution in [0.3, 0.4) is 0 Å². The van der Waals surface area contributed by atoms with Crippen LogP contribution in [0.25, 0.3) is 5.82 Å². The van der Waals surface area contributed by atoms with Crippen molar-refractivity contribution in [1.29, 1.82) is 0 Å². The summed E-state index contributed by atoms with van der Waals surface area (Å²) in [4.78, 5) is 21.8. The number of anilines is 1. The number of hydrogen-bond donors (Lipinski definition) is 0. The van der Waals surface area contributed by atoms with Gasteiger partial charge in [0.2, 0.25) is 0 Å². The molecule has 6 nitrogen and oxygen atoms in total. The molecule has 1 saturated heterocycles. The van der Waals surface area contributed by atoms with Gasteiger partial charge in [0.05, 0.1) is 24.2 Å². The Labute approximate surface area is 163 Å². The van der Waals surface area contributed by atoms with E-state index in [1.54, 1.807) is 18.4 Å². The van der Waals surface area contributed by atoms with E-state index in [1.165, 1.54) is 0 Å². The number of pyridine rings is 1. The number of rotatable bonds is 3. The molecule has 5 rings (SSSR count). The SMILES string of the molecule is C=C(C)CN1c2cccnc2-n2cccc2C12CCN(C(=O)c1ccco1)C2. The van der Waals surface area contributed by atoms with Crippen LogP contribution in [0.15, 0.2) is 71.6 Å². The molecule has 0 N–H and O–H groups in total. The van der Waals surface area contributed by atoms with Gasteiger partial charge in [-0.1, -0.05) is 12.2 Å². The summed E-state index contributed by atoms with van der Waals surface area (Å²) in [6, 6.07) is 11.7. The van der Waals surface area contributed by atoms with Crippen LogP contribution < -0.4 is 4.90 Å². The predicted octanol–water partition coefficient (Wildman–Crippen LogP) is 3.60. The summed E-state index contributed by atoms with van der Waals surface area (Å²) in [5.74, 6) is 1.24. The number of hydrogen-bond acceptors (Lipinski definition) is 4. The van der Waals surface area contributed by atoms with Crippen LogP contribution >= 0.6 is 0 Å². The third-order valence-corrected chi connectivity index (χ3v) is 5.72. The molecule has 0 aliphatic carbocycles. The molecular formula is C22H22N4O2. The molecule has 0 radical (unpaired) electrons. The van der Waals surface area contributed by atoms with Crippen molar-refractivity contribution in [1.82, 2.24) is 14.5 Å². The van der Waals surface area contributed by atoms with Gasteiger partial charge in [0.15, 0.2) is 11.6 Å². The number of fused-ring (bicyclic) bond motifs is 4. The summed E-state index contributed by atoms with van der Waals surface area (Å²) in [7, 11) is 0. The molecule has 1 unspecified atom stereocenters. The molecule has 2 aliphatic heterocycles. The van der Waals surface area contributed by atoms with Crippen molar-refractivity contribution in [3.63, 3.8) is 0 Å². The second kappa shape index (κ2) is 6.12. The average Bonchev–Trinajstić information content (AvgIpc) is 3.45. The van der Waals surface area contributed by atoms with E-state index in [-0.39, 0.29) is 11.4 Å². The molecule has 28 heavy (non-hydrogen) atoms. The highest BCUT2D eigenvalue weighted by Gasteiger charge is 2.51. The van der Waals surface area contributed by atoms with Crippen LogP contribution in [0.1, 0.15) is 29.6 Å². The molecule has 5 heterocycles. The average molecular weight is 374 g/mol. The summed E-state index contributed by atoms with van der Waals surface area (Å²) < 4.78 is 7.51. The molecule has 0 aromatic carbocycles. The van der Waals surface area contributed by atoms with Gasteiger partial charge in [-0.15, -0.1) is 0 Å². The van der Waals surface area contributed by atoms with Crippen LogP contribution in [0, 0.1) is 0 Å². The van der Waals surface area contributed by atoms with Crippen molar-refractivity contribution in [2.45, 2.75) is 18.9 Å². The Kier molecular flexibility index (Phi) is 3.69. The van der Waals surface area contributed by atoms with Gasteiger partial charge in [-0.3, -0.25) is 4.79 Å². The molecule has 1 amide bonds. The minimum atomic E-state index is -0.319. The first-order chi connectivity index (χ1) is 13.6. The molecule has 2 aliphatic rings. The maximum atomic E-state index is 12.9. The number of likely N-dealkylation sites (tertiary alicyclic amines) is 1. The Morgan fingerprint density at radius 1 is 1.29 bits per heavy atom. The minimum absolute atomic E-state index is 0.0627. The Morgan fingerprint density at radius 2 is 2.18 bits per heavy atom. The Bertz CT molecular complexity index is 1050. The quantitative estimate of drug-likeness (QED) is 0.658. The van der Waals surface area contributed by atoms with Gasteiger partial charge in [-0.2, -0.15) is 0 Å². The van der Waals surface area contributed by atoms with E-state index in [1.807, 2.05) is 24.1 Å². The third kappa shape index (κ3) is 2.34. The number of carbonyl (C=O) groups excluding carboxylic acids is 1. The summed E-state index contributed by atoms with van der Waals surface area (Å²) >= 11 is 0. The fourth-order valence-electron chi connectivity index (χ4n) is 4.56. The van der Waals surface area contributed by atoms with Crippen molar-refractivity contribution in [3.05, 3.63) is 78.7 Å². The monoisotopic (exact) mass is 374 g/mol. The fraction of sp³-hybridized carbons (Fsp3) is 0.273. The van der Waals surface area contributed by atoms with E-state index in [2.05, 4.69) is 45.4 Å². The maximum Gasteiger partial charge on any atom is 0.289 e. The van der Waals surface area contributed by atoms with Gasteiger partial charge in [-0.05, 0) is 49.7 Å². The van der Waals surface area contributed by atoms with E-state index >= 15 is 0 Å². The minimum Gasteiger partial charge on any atom is -0.459 e. The van der Waals surface area contributed by atoms with Crippen LogP contribution in [0.2, 0.25) is 0 Å². The number of furan rings is 1. The lowest BCUT2D eigenvalue weighted by molar-refractivity contribution is 0.0750. The predicted molar refractivity (Wildman–Crippen MR) is 107 cm³/mol. The zero-order valence-corrected chi connectivity index (χ0v) is 15.8. The van der Waals surface area contributed by atoms with E-state index < -0.39 is 0 Å². The van der Waals surface area contributed by atoms with Crippen molar-refractivity contribution in [2.24, 2.45) is 0 Å². The number of amides is 1. The molecule has 1 spiro atoms. The van der Waals surface area contributed by atoms with Crippen LogP contribution in [0.4, 0.5) is 5.69 Å². The van der Waals surface area contributed by atoms with Gasteiger partial charge in [-0.25, -0.2) is 4.98 Å². The molecular weight excluding hydrogens is 352 g/mol. The fourth-order valence-corrected chi connectivity index (χ4v) is 4.56. The van der Waals surface area contributed by atoms with Gasteiger partial charge >= 0.3 is 0 Å². The second-order valence-electron chi connectivity index (χ2n) is 7.64. The van der Waals surface area contributed by atoms with E-state index in [4.69, 9.17) is 4.42 Å². The topological polar surface area (TPSA) is 54.5 Å². The van der Waals surface area contributed by atoms with E-state index in [0.717, 1.165) is 29.2 Å².